The molecule has 0 unspecified atom stereocenters. The third-order valence-electron chi connectivity index (χ3n) is 5.39. The highest BCUT2D eigenvalue weighted by atomic mass is 32.2. The number of pyridine rings is 1. The normalized spacial score (nSPS) is 17.9. The van der Waals surface area contributed by atoms with Gasteiger partial charge in [0.05, 0.1) is 21.7 Å². The summed E-state index contributed by atoms with van der Waals surface area (Å²) >= 11 is 0. The molecule has 0 bridgehead atoms. The molecule has 0 saturated carbocycles. The highest BCUT2D eigenvalue weighted by Crippen LogP contribution is 2.25. The fourth-order valence-corrected chi connectivity index (χ4v) is 6.67. The summed E-state index contributed by atoms with van der Waals surface area (Å²) in [6.45, 7) is -0.677. The Labute approximate surface area is 204 Å². The average molecular weight is 514 g/mol. The summed E-state index contributed by atoms with van der Waals surface area (Å²) in [6, 6.07) is 19.3. The van der Waals surface area contributed by atoms with E-state index >= 15 is 0 Å². The highest BCUT2D eigenvalue weighted by Gasteiger charge is 2.43. The summed E-state index contributed by atoms with van der Waals surface area (Å²) in [5.41, 5.74) is 2.81. The van der Waals surface area contributed by atoms with E-state index in [4.69, 9.17) is 0 Å². The summed E-state index contributed by atoms with van der Waals surface area (Å²) in [4.78, 5) is 17.2. The molecule has 12 heteroatoms. The minimum Gasteiger partial charge on any atom is -0.271 e. The van der Waals surface area contributed by atoms with Crippen LogP contribution in [0.15, 0.2) is 100.0 Å². The number of hydrogen-bond acceptors (Lipinski definition) is 7. The van der Waals surface area contributed by atoms with Crippen LogP contribution in [-0.4, -0.2) is 68.2 Å². The van der Waals surface area contributed by atoms with Gasteiger partial charge in [-0.15, -0.1) is 0 Å². The molecule has 10 nitrogen and oxygen atoms in total. The molecule has 0 spiro atoms. The van der Waals surface area contributed by atoms with Crippen molar-refractivity contribution in [2.75, 3.05) is 19.6 Å². The third kappa shape index (κ3) is 5.46. The predicted octanol–water partition coefficient (Wildman–Crippen LogP) is 1.30. The molecule has 182 valence electrons. The van der Waals surface area contributed by atoms with E-state index in [-0.39, 0.29) is 29.4 Å². The lowest BCUT2D eigenvalue weighted by atomic mass is 10.2. The van der Waals surface area contributed by atoms with Gasteiger partial charge in [-0.25, -0.2) is 22.3 Å². The van der Waals surface area contributed by atoms with Gasteiger partial charge < -0.3 is 0 Å². The van der Waals surface area contributed by atoms with Gasteiger partial charge in [-0.2, -0.15) is 13.7 Å². The molecular formula is C23H23N5O5S2. The Hall–Kier alpha value is -3.45. The number of nitrogens with zero attached hydrogens (tertiary/aromatic N) is 4. The number of hydrogen-bond donors (Lipinski definition) is 1. The molecule has 4 rings (SSSR count). The van der Waals surface area contributed by atoms with Crippen molar-refractivity contribution in [3.05, 3.63) is 90.8 Å². The number of piperazine rings is 1. The Kier molecular flexibility index (Phi) is 7.36. The second-order valence-electron chi connectivity index (χ2n) is 7.61. The van der Waals surface area contributed by atoms with Gasteiger partial charge in [-0.1, -0.05) is 42.5 Å². The maximum absolute atomic E-state index is 13.4. The van der Waals surface area contributed by atoms with E-state index in [1.54, 1.807) is 60.8 Å². The number of benzene rings is 2. The molecule has 1 fully saturated rings. The third-order valence-corrected chi connectivity index (χ3v) is 9.19. The molecule has 1 aromatic heterocycles. The summed E-state index contributed by atoms with van der Waals surface area (Å²) < 4.78 is 55.2. The lowest BCUT2D eigenvalue weighted by Crippen LogP contribution is -2.60. The summed E-state index contributed by atoms with van der Waals surface area (Å²) in [6.07, 6.45) is 2.88. The number of sulfonamides is 2. The van der Waals surface area contributed by atoms with Gasteiger partial charge >= 0.3 is 0 Å². The van der Waals surface area contributed by atoms with Gasteiger partial charge in [0.1, 0.15) is 6.04 Å². The van der Waals surface area contributed by atoms with Crippen LogP contribution >= 0.6 is 0 Å². The summed E-state index contributed by atoms with van der Waals surface area (Å²) in [7, 11) is -8.02. The van der Waals surface area contributed by atoms with Crippen molar-refractivity contribution in [3.63, 3.8) is 0 Å². The minimum absolute atomic E-state index is 0.00848. The molecule has 1 saturated heterocycles. The van der Waals surface area contributed by atoms with Gasteiger partial charge in [-0.3, -0.25) is 9.78 Å². The van der Waals surface area contributed by atoms with Gasteiger partial charge in [-0.05, 0) is 36.4 Å². The minimum atomic E-state index is -4.08. The molecule has 2 heterocycles. The van der Waals surface area contributed by atoms with E-state index in [2.05, 4.69) is 15.5 Å². The predicted molar refractivity (Wildman–Crippen MR) is 129 cm³/mol. The van der Waals surface area contributed by atoms with Crippen LogP contribution in [0, 0.1) is 0 Å². The second-order valence-corrected chi connectivity index (χ2v) is 11.4. The van der Waals surface area contributed by atoms with Crippen molar-refractivity contribution in [2.45, 2.75) is 15.8 Å². The van der Waals surface area contributed by atoms with Crippen molar-refractivity contribution >= 4 is 32.2 Å². The zero-order chi connectivity index (χ0) is 24.9. The molecule has 1 atom stereocenters. The Balaban J connectivity index is 1.63. The SMILES string of the molecule is O=C(N/N=C\c1ccccn1)[C@H]1CN(S(=O)(=O)c2ccccc2)CCN1S(=O)(=O)c1ccccc1. The summed E-state index contributed by atoms with van der Waals surface area (Å²) in [5, 5.41) is 3.87. The van der Waals surface area contributed by atoms with E-state index in [0.717, 1.165) is 8.61 Å². The van der Waals surface area contributed by atoms with Crippen LogP contribution in [0.4, 0.5) is 0 Å². The van der Waals surface area contributed by atoms with E-state index < -0.39 is 32.0 Å². The van der Waals surface area contributed by atoms with E-state index in [9.17, 15) is 21.6 Å². The van der Waals surface area contributed by atoms with E-state index in [0.29, 0.717) is 5.69 Å². The van der Waals surface area contributed by atoms with Crippen LogP contribution in [0.5, 0.6) is 0 Å². The Morgan fingerprint density at radius 2 is 1.46 bits per heavy atom. The Morgan fingerprint density at radius 3 is 2.06 bits per heavy atom. The van der Waals surface area contributed by atoms with Gasteiger partial charge in [0, 0.05) is 25.8 Å². The lowest BCUT2D eigenvalue weighted by Gasteiger charge is -2.38. The first-order chi connectivity index (χ1) is 16.8. The van der Waals surface area contributed by atoms with Crippen LogP contribution < -0.4 is 5.43 Å². The molecule has 1 amide bonds. The standard InChI is InChI=1S/C23H23N5O5S2/c29-23(26-25-17-19-9-7-8-14-24-19)22-18-27(34(30,31)20-10-3-1-4-11-20)15-16-28(22)35(32,33)21-12-5-2-6-13-21/h1-14,17,22H,15-16,18H2,(H,26,29)/b25-17-/t22-/m1/s1. The second kappa shape index (κ2) is 10.4. The average Bonchev–Trinajstić information content (AvgIpc) is 2.90. The molecular weight excluding hydrogens is 490 g/mol. The van der Waals surface area contributed by atoms with E-state index in [1.165, 1.54) is 30.5 Å². The summed E-state index contributed by atoms with van der Waals surface area (Å²) in [5.74, 6) is -0.760. The van der Waals surface area contributed by atoms with Crippen LogP contribution in [0.2, 0.25) is 0 Å². The molecule has 1 aliphatic rings. The fourth-order valence-electron chi connectivity index (χ4n) is 3.62. The molecule has 1 N–H and O–H groups in total. The monoisotopic (exact) mass is 513 g/mol. The first-order valence-corrected chi connectivity index (χ1v) is 13.5. The van der Waals surface area contributed by atoms with Crippen LogP contribution in [0.1, 0.15) is 5.69 Å². The number of rotatable bonds is 7. The number of nitrogens with one attached hydrogen (secondary N) is 1. The molecule has 35 heavy (non-hydrogen) atoms. The maximum Gasteiger partial charge on any atom is 0.259 e. The fraction of sp³-hybridized carbons (Fsp3) is 0.174. The van der Waals surface area contributed by atoms with Crippen molar-refractivity contribution in [1.29, 1.82) is 0 Å². The number of hydrazone groups is 1. The topological polar surface area (TPSA) is 129 Å². The largest absolute Gasteiger partial charge is 0.271 e. The number of carbonyl (C=O) groups excluding carboxylic acids is 1. The Bertz CT molecular complexity index is 1400. The number of amides is 1. The lowest BCUT2D eigenvalue weighted by molar-refractivity contribution is -0.125. The zero-order valence-electron chi connectivity index (χ0n) is 18.5. The van der Waals surface area contributed by atoms with Crippen LogP contribution in [0.25, 0.3) is 0 Å². The molecule has 2 aromatic carbocycles. The first kappa shape index (κ1) is 24.7. The highest BCUT2D eigenvalue weighted by molar-refractivity contribution is 7.89. The van der Waals surface area contributed by atoms with Crippen molar-refractivity contribution in [1.82, 2.24) is 19.0 Å². The smallest absolute Gasteiger partial charge is 0.259 e. The molecule has 3 aromatic rings. The molecule has 1 aliphatic heterocycles. The van der Waals surface area contributed by atoms with Crippen molar-refractivity contribution in [2.24, 2.45) is 5.10 Å². The number of aromatic nitrogens is 1. The van der Waals surface area contributed by atoms with E-state index in [1.807, 2.05) is 0 Å². The van der Waals surface area contributed by atoms with Crippen molar-refractivity contribution < 1.29 is 21.6 Å². The first-order valence-electron chi connectivity index (χ1n) is 10.7. The van der Waals surface area contributed by atoms with Gasteiger partial charge in [0.2, 0.25) is 20.0 Å². The molecule has 0 aliphatic carbocycles. The van der Waals surface area contributed by atoms with Crippen LogP contribution in [0.3, 0.4) is 0 Å². The van der Waals surface area contributed by atoms with Gasteiger partial charge in [0.25, 0.3) is 5.91 Å². The van der Waals surface area contributed by atoms with Crippen molar-refractivity contribution in [3.8, 4) is 0 Å². The van der Waals surface area contributed by atoms with Gasteiger partial charge in [0.15, 0.2) is 0 Å². The number of carbonyl (C=O) groups is 1. The molecule has 0 radical (unpaired) electrons. The quantitative estimate of drug-likeness (QED) is 0.375. The maximum atomic E-state index is 13.4. The Morgan fingerprint density at radius 1 is 0.857 bits per heavy atom. The van der Waals surface area contributed by atoms with Crippen LogP contribution in [-0.2, 0) is 24.8 Å². The zero-order valence-corrected chi connectivity index (χ0v) is 20.1.